The van der Waals surface area contributed by atoms with E-state index in [0.717, 1.165) is 12.0 Å². The predicted molar refractivity (Wildman–Crippen MR) is 76.3 cm³/mol. The Hall–Kier alpha value is -1.35. The number of nitrogens with zero attached hydrogens (tertiary/aromatic N) is 1. The Kier molecular flexibility index (Phi) is 4.25. The van der Waals surface area contributed by atoms with E-state index in [-0.39, 0.29) is 12.0 Å². The Morgan fingerprint density at radius 2 is 2.00 bits per heavy atom. The van der Waals surface area contributed by atoms with Crippen LogP contribution in [0.25, 0.3) is 0 Å². The molecule has 3 nitrogen and oxygen atoms in total. The van der Waals surface area contributed by atoms with E-state index in [0.29, 0.717) is 6.42 Å². The van der Waals surface area contributed by atoms with Gasteiger partial charge in [0.2, 0.25) is 0 Å². The van der Waals surface area contributed by atoms with Crippen LogP contribution in [0.5, 0.6) is 0 Å². The summed E-state index contributed by atoms with van der Waals surface area (Å²) in [5, 5.41) is 9.42. The van der Waals surface area contributed by atoms with E-state index < -0.39 is 5.97 Å². The van der Waals surface area contributed by atoms with Gasteiger partial charge in [0.25, 0.3) is 0 Å². The van der Waals surface area contributed by atoms with Crippen molar-refractivity contribution in [3.8, 4) is 0 Å². The summed E-state index contributed by atoms with van der Waals surface area (Å²) in [6, 6.07) is 6.47. The van der Waals surface area contributed by atoms with Crippen LogP contribution in [0.4, 0.5) is 0 Å². The topological polar surface area (TPSA) is 40.5 Å². The first-order valence-corrected chi connectivity index (χ1v) is 7.05. The molecule has 0 spiro atoms. The SMILES string of the molecule is CCC(C(=O)O)C(c1ccc2c(c1)CCC2)N(C)C. The molecule has 104 valence electrons. The van der Waals surface area contributed by atoms with Crippen molar-refractivity contribution < 1.29 is 9.90 Å². The average molecular weight is 261 g/mol. The highest BCUT2D eigenvalue weighted by atomic mass is 16.4. The molecule has 0 saturated carbocycles. The highest BCUT2D eigenvalue weighted by molar-refractivity contribution is 5.71. The summed E-state index contributed by atoms with van der Waals surface area (Å²) >= 11 is 0. The first kappa shape index (κ1) is 14.1. The highest BCUT2D eigenvalue weighted by Crippen LogP contribution is 2.32. The van der Waals surface area contributed by atoms with E-state index in [4.69, 9.17) is 0 Å². The molecule has 3 heteroatoms. The molecule has 19 heavy (non-hydrogen) atoms. The number of carboxylic acids is 1. The third-order valence-electron chi connectivity index (χ3n) is 4.16. The largest absolute Gasteiger partial charge is 0.481 e. The molecule has 2 unspecified atom stereocenters. The molecule has 2 rings (SSSR count). The summed E-state index contributed by atoms with van der Waals surface area (Å²) in [7, 11) is 3.92. The number of rotatable bonds is 5. The summed E-state index contributed by atoms with van der Waals surface area (Å²) in [4.78, 5) is 13.5. The first-order chi connectivity index (χ1) is 9.04. The highest BCUT2D eigenvalue weighted by Gasteiger charge is 2.30. The van der Waals surface area contributed by atoms with Crippen LogP contribution in [0.2, 0.25) is 0 Å². The molecule has 1 aliphatic rings. The number of aryl methyl sites for hydroxylation is 2. The van der Waals surface area contributed by atoms with Crippen molar-refractivity contribution in [2.45, 2.75) is 38.6 Å². The predicted octanol–water partition coefficient (Wildman–Crippen LogP) is 2.89. The number of hydrogen-bond donors (Lipinski definition) is 1. The van der Waals surface area contributed by atoms with Gasteiger partial charge >= 0.3 is 5.97 Å². The fourth-order valence-corrected chi connectivity index (χ4v) is 3.20. The van der Waals surface area contributed by atoms with Gasteiger partial charge in [0.15, 0.2) is 0 Å². The molecular formula is C16H23NO2. The van der Waals surface area contributed by atoms with E-state index in [1.807, 2.05) is 25.9 Å². The monoisotopic (exact) mass is 261 g/mol. The molecule has 0 bridgehead atoms. The van der Waals surface area contributed by atoms with Crippen LogP contribution in [-0.4, -0.2) is 30.1 Å². The van der Waals surface area contributed by atoms with E-state index in [9.17, 15) is 9.90 Å². The minimum Gasteiger partial charge on any atom is -0.481 e. The number of fused-ring (bicyclic) bond motifs is 1. The van der Waals surface area contributed by atoms with Gasteiger partial charge < -0.3 is 10.0 Å². The minimum absolute atomic E-state index is 0.0478. The van der Waals surface area contributed by atoms with Gasteiger partial charge in [-0.15, -0.1) is 0 Å². The Morgan fingerprint density at radius 3 is 2.58 bits per heavy atom. The zero-order valence-electron chi connectivity index (χ0n) is 12.0. The van der Waals surface area contributed by atoms with Crippen LogP contribution < -0.4 is 0 Å². The molecule has 1 aliphatic carbocycles. The van der Waals surface area contributed by atoms with Crippen molar-refractivity contribution in [2.75, 3.05) is 14.1 Å². The second kappa shape index (κ2) is 5.74. The Bertz CT molecular complexity index is 468. The van der Waals surface area contributed by atoms with Gasteiger partial charge in [0.05, 0.1) is 5.92 Å². The summed E-state index contributed by atoms with van der Waals surface area (Å²) in [5.74, 6) is -1.06. The number of aliphatic carboxylic acids is 1. The van der Waals surface area contributed by atoms with Crippen molar-refractivity contribution in [3.63, 3.8) is 0 Å². The van der Waals surface area contributed by atoms with Gasteiger partial charge in [0, 0.05) is 6.04 Å². The van der Waals surface area contributed by atoms with Crippen molar-refractivity contribution in [1.82, 2.24) is 4.90 Å². The molecule has 1 N–H and O–H groups in total. The lowest BCUT2D eigenvalue weighted by Crippen LogP contribution is -2.32. The van der Waals surface area contributed by atoms with E-state index in [2.05, 4.69) is 18.2 Å². The smallest absolute Gasteiger partial charge is 0.308 e. The van der Waals surface area contributed by atoms with Crippen molar-refractivity contribution in [1.29, 1.82) is 0 Å². The zero-order chi connectivity index (χ0) is 14.0. The van der Waals surface area contributed by atoms with E-state index in [1.54, 1.807) is 0 Å². The fourth-order valence-electron chi connectivity index (χ4n) is 3.20. The normalized spacial score (nSPS) is 17.3. The van der Waals surface area contributed by atoms with Gasteiger partial charge in [-0.25, -0.2) is 0 Å². The first-order valence-electron chi connectivity index (χ1n) is 7.05. The molecule has 0 radical (unpaired) electrons. The van der Waals surface area contributed by atoms with Crippen molar-refractivity contribution in [3.05, 3.63) is 34.9 Å². The Balaban J connectivity index is 2.36. The maximum absolute atomic E-state index is 11.5. The van der Waals surface area contributed by atoms with Crippen LogP contribution in [0.1, 0.15) is 42.5 Å². The van der Waals surface area contributed by atoms with Crippen LogP contribution in [0.3, 0.4) is 0 Å². The van der Waals surface area contributed by atoms with Gasteiger partial charge in [-0.2, -0.15) is 0 Å². The van der Waals surface area contributed by atoms with E-state index in [1.165, 1.54) is 24.0 Å². The lowest BCUT2D eigenvalue weighted by atomic mass is 9.88. The average Bonchev–Trinajstić information content (AvgIpc) is 2.81. The Morgan fingerprint density at radius 1 is 1.32 bits per heavy atom. The van der Waals surface area contributed by atoms with Crippen LogP contribution >= 0.6 is 0 Å². The molecule has 2 atom stereocenters. The third kappa shape index (κ3) is 2.81. The van der Waals surface area contributed by atoms with Gasteiger partial charge in [-0.1, -0.05) is 25.1 Å². The molecule has 0 amide bonds. The lowest BCUT2D eigenvalue weighted by molar-refractivity contribution is -0.144. The molecular weight excluding hydrogens is 238 g/mol. The van der Waals surface area contributed by atoms with Gasteiger partial charge in [-0.3, -0.25) is 4.79 Å². The molecule has 0 aliphatic heterocycles. The maximum atomic E-state index is 11.5. The number of benzene rings is 1. The quantitative estimate of drug-likeness (QED) is 0.886. The molecule has 0 aromatic heterocycles. The van der Waals surface area contributed by atoms with Gasteiger partial charge in [-0.05, 0) is 56.5 Å². The number of hydrogen-bond acceptors (Lipinski definition) is 2. The standard InChI is InChI=1S/C16H23NO2/c1-4-14(16(18)19)15(17(2)3)13-9-8-11-6-5-7-12(11)10-13/h8-10,14-15H,4-7H2,1-3H3,(H,18,19). The minimum atomic E-state index is -0.707. The number of carboxylic acid groups (broad SMARTS) is 1. The van der Waals surface area contributed by atoms with E-state index >= 15 is 0 Å². The lowest BCUT2D eigenvalue weighted by Gasteiger charge is -2.30. The van der Waals surface area contributed by atoms with Crippen molar-refractivity contribution >= 4 is 5.97 Å². The second-order valence-corrected chi connectivity index (χ2v) is 5.64. The summed E-state index contributed by atoms with van der Waals surface area (Å²) in [6.45, 7) is 1.95. The molecule has 0 heterocycles. The summed E-state index contributed by atoms with van der Waals surface area (Å²) in [5.41, 5.74) is 3.98. The number of carbonyl (C=O) groups is 1. The van der Waals surface area contributed by atoms with Crippen LogP contribution in [0.15, 0.2) is 18.2 Å². The summed E-state index contributed by atoms with van der Waals surface area (Å²) in [6.07, 6.45) is 4.17. The third-order valence-corrected chi connectivity index (χ3v) is 4.16. The molecule has 0 fully saturated rings. The Labute approximate surface area is 115 Å². The summed E-state index contributed by atoms with van der Waals surface area (Å²) < 4.78 is 0. The fraction of sp³-hybridized carbons (Fsp3) is 0.562. The maximum Gasteiger partial charge on any atom is 0.308 e. The second-order valence-electron chi connectivity index (χ2n) is 5.64. The molecule has 1 aromatic rings. The van der Waals surface area contributed by atoms with Crippen molar-refractivity contribution in [2.24, 2.45) is 5.92 Å². The molecule has 1 aromatic carbocycles. The zero-order valence-corrected chi connectivity index (χ0v) is 12.0. The van der Waals surface area contributed by atoms with Crippen LogP contribution in [-0.2, 0) is 17.6 Å². The van der Waals surface area contributed by atoms with Gasteiger partial charge in [0.1, 0.15) is 0 Å². The van der Waals surface area contributed by atoms with Crippen LogP contribution in [0, 0.1) is 5.92 Å². The molecule has 0 saturated heterocycles.